The Morgan fingerprint density at radius 3 is 2.34 bits per heavy atom. The third-order valence-corrected chi connectivity index (χ3v) is 6.79. The first-order valence-electron chi connectivity index (χ1n) is 12.7. The highest BCUT2D eigenvalue weighted by molar-refractivity contribution is 6.02. The molecule has 0 aliphatic carbocycles. The number of furan rings is 1. The van der Waals surface area contributed by atoms with Crippen LogP contribution in [0, 0.1) is 0 Å². The molecule has 2 aromatic heterocycles. The lowest BCUT2D eigenvalue weighted by molar-refractivity contribution is -0.119. The van der Waals surface area contributed by atoms with Crippen LogP contribution in [0.3, 0.4) is 0 Å². The molecule has 5 rings (SSSR count). The largest absolute Gasteiger partial charge is 0.497 e. The molecule has 3 heterocycles. The van der Waals surface area contributed by atoms with Gasteiger partial charge in [0.05, 0.1) is 37.6 Å². The standard InChI is InChI=1S/C30H31N3O5/c1-4-5-14-31(30(35)21-17-22(36-2)19-23(18-21)37-3)20-28(34)33-25-11-7-6-10-24(25)32-15-8-12-26(32)29(33)27-13-9-16-38-27/h6-13,15-19,29H,4-5,14,20H2,1-3H3. The lowest BCUT2D eigenvalue weighted by Gasteiger charge is -2.38. The third-order valence-electron chi connectivity index (χ3n) is 6.79. The average molecular weight is 514 g/mol. The maximum Gasteiger partial charge on any atom is 0.254 e. The van der Waals surface area contributed by atoms with E-state index in [0.29, 0.717) is 29.4 Å². The Kier molecular flexibility index (Phi) is 7.22. The molecule has 1 atom stereocenters. The second kappa shape index (κ2) is 10.9. The molecule has 2 amide bonds. The molecule has 196 valence electrons. The van der Waals surface area contributed by atoms with Gasteiger partial charge in [-0.25, -0.2) is 0 Å². The fourth-order valence-corrected chi connectivity index (χ4v) is 4.93. The van der Waals surface area contributed by atoms with Gasteiger partial charge in [-0.2, -0.15) is 0 Å². The summed E-state index contributed by atoms with van der Waals surface area (Å²) in [6.45, 7) is 2.41. The van der Waals surface area contributed by atoms with Gasteiger partial charge in [-0.1, -0.05) is 25.5 Å². The van der Waals surface area contributed by atoms with Crippen molar-refractivity contribution >= 4 is 17.5 Å². The summed E-state index contributed by atoms with van der Waals surface area (Å²) in [5.74, 6) is 1.21. The number of hydrogen-bond acceptors (Lipinski definition) is 5. The van der Waals surface area contributed by atoms with Crippen LogP contribution in [0.1, 0.15) is 47.6 Å². The second-order valence-corrected chi connectivity index (χ2v) is 9.16. The first kappa shape index (κ1) is 25.2. The van der Waals surface area contributed by atoms with E-state index in [2.05, 4.69) is 11.5 Å². The Bertz CT molecular complexity index is 1400. The van der Waals surface area contributed by atoms with Gasteiger partial charge in [-0.15, -0.1) is 0 Å². The number of carbonyl (C=O) groups excluding carboxylic acids is 2. The first-order valence-corrected chi connectivity index (χ1v) is 12.7. The Labute approximate surface area is 222 Å². The van der Waals surface area contributed by atoms with Crippen LogP contribution < -0.4 is 14.4 Å². The maximum absolute atomic E-state index is 14.2. The molecule has 1 aliphatic rings. The molecule has 4 aromatic rings. The molecule has 0 N–H and O–H groups in total. The lowest BCUT2D eigenvalue weighted by atomic mass is 10.0. The summed E-state index contributed by atoms with van der Waals surface area (Å²) in [6.07, 6.45) is 5.24. The summed E-state index contributed by atoms with van der Waals surface area (Å²) in [5.41, 5.74) is 2.97. The number of hydrogen-bond donors (Lipinski definition) is 0. The molecule has 0 saturated carbocycles. The van der Waals surface area contributed by atoms with Crippen molar-refractivity contribution in [3.63, 3.8) is 0 Å². The van der Waals surface area contributed by atoms with Crippen molar-refractivity contribution in [1.82, 2.24) is 9.47 Å². The predicted octanol–water partition coefficient (Wildman–Crippen LogP) is 5.47. The van der Waals surface area contributed by atoms with Crippen molar-refractivity contribution in [1.29, 1.82) is 0 Å². The third kappa shape index (κ3) is 4.65. The van der Waals surface area contributed by atoms with E-state index in [1.807, 2.05) is 54.7 Å². The zero-order valence-corrected chi connectivity index (χ0v) is 21.8. The lowest BCUT2D eigenvalue weighted by Crippen LogP contribution is -2.47. The van der Waals surface area contributed by atoms with E-state index < -0.39 is 6.04 Å². The van der Waals surface area contributed by atoms with Crippen molar-refractivity contribution in [3.05, 3.63) is 96.2 Å². The molecular weight excluding hydrogens is 482 g/mol. The van der Waals surface area contributed by atoms with Gasteiger partial charge < -0.3 is 23.4 Å². The molecule has 1 aliphatic heterocycles. The molecule has 8 heteroatoms. The molecule has 0 fully saturated rings. The van der Waals surface area contributed by atoms with Gasteiger partial charge in [0.2, 0.25) is 5.91 Å². The normalized spacial score (nSPS) is 14.0. The van der Waals surface area contributed by atoms with Gasteiger partial charge in [0, 0.05) is 24.4 Å². The van der Waals surface area contributed by atoms with E-state index in [4.69, 9.17) is 13.9 Å². The van der Waals surface area contributed by atoms with Gasteiger partial charge >= 0.3 is 0 Å². The van der Waals surface area contributed by atoms with Gasteiger partial charge in [-0.05, 0) is 55.0 Å². The summed E-state index contributed by atoms with van der Waals surface area (Å²) in [4.78, 5) is 31.3. The minimum absolute atomic E-state index is 0.0926. The molecule has 8 nitrogen and oxygen atoms in total. The van der Waals surface area contributed by atoms with Crippen LogP contribution in [0.2, 0.25) is 0 Å². The average Bonchev–Trinajstić information content (AvgIpc) is 3.66. The Morgan fingerprint density at radius 1 is 0.947 bits per heavy atom. The van der Waals surface area contributed by atoms with E-state index in [9.17, 15) is 9.59 Å². The van der Waals surface area contributed by atoms with Gasteiger partial charge in [-0.3, -0.25) is 14.5 Å². The van der Waals surface area contributed by atoms with Gasteiger partial charge in [0.25, 0.3) is 5.91 Å². The highest BCUT2D eigenvalue weighted by Gasteiger charge is 2.38. The van der Waals surface area contributed by atoms with E-state index in [1.165, 1.54) is 0 Å². The monoisotopic (exact) mass is 513 g/mol. The van der Waals surface area contributed by atoms with Gasteiger partial charge in [0.1, 0.15) is 29.8 Å². The molecule has 0 radical (unpaired) electrons. The minimum Gasteiger partial charge on any atom is -0.497 e. The molecule has 0 saturated heterocycles. The molecule has 2 aromatic carbocycles. The minimum atomic E-state index is -0.470. The number of benzene rings is 2. The maximum atomic E-state index is 14.2. The smallest absolute Gasteiger partial charge is 0.254 e. The highest BCUT2D eigenvalue weighted by atomic mass is 16.5. The zero-order valence-electron chi connectivity index (χ0n) is 21.8. The molecule has 0 bridgehead atoms. The predicted molar refractivity (Wildman–Crippen MR) is 144 cm³/mol. The Morgan fingerprint density at radius 2 is 1.68 bits per heavy atom. The molecular formula is C30H31N3O5. The van der Waals surface area contributed by atoms with Gasteiger partial charge in [0.15, 0.2) is 0 Å². The second-order valence-electron chi connectivity index (χ2n) is 9.16. The summed E-state index contributed by atoms with van der Waals surface area (Å²) in [6, 6.07) is 20.0. The number of anilines is 1. The summed E-state index contributed by atoms with van der Waals surface area (Å²) < 4.78 is 18.6. The number of rotatable bonds is 9. The van der Waals surface area contributed by atoms with Crippen molar-refractivity contribution in [2.75, 3.05) is 32.2 Å². The molecule has 1 unspecified atom stereocenters. The molecule has 0 spiro atoms. The Hall–Kier alpha value is -4.46. The summed E-state index contributed by atoms with van der Waals surface area (Å²) >= 11 is 0. The van der Waals surface area contributed by atoms with Crippen LogP contribution in [-0.2, 0) is 4.79 Å². The highest BCUT2D eigenvalue weighted by Crippen LogP contribution is 2.42. The first-order chi connectivity index (χ1) is 18.5. The molecule has 38 heavy (non-hydrogen) atoms. The summed E-state index contributed by atoms with van der Waals surface area (Å²) in [5, 5.41) is 0. The number of unbranched alkanes of at least 4 members (excludes halogenated alkanes) is 1. The zero-order chi connectivity index (χ0) is 26.6. The SMILES string of the molecule is CCCCN(CC(=O)N1c2ccccc2-n2cccc2C1c1ccco1)C(=O)c1cc(OC)cc(OC)c1. The van der Waals surface area contributed by atoms with Crippen LogP contribution in [-0.4, -0.2) is 48.6 Å². The number of carbonyl (C=O) groups is 2. The van der Waals surface area contributed by atoms with Crippen molar-refractivity contribution in [2.45, 2.75) is 25.8 Å². The van der Waals surface area contributed by atoms with Crippen LogP contribution in [0.15, 0.2) is 83.6 Å². The van der Waals surface area contributed by atoms with E-state index >= 15 is 0 Å². The number of para-hydroxylation sites is 2. The van der Waals surface area contributed by atoms with Crippen LogP contribution in [0.4, 0.5) is 5.69 Å². The number of methoxy groups -OCH3 is 2. The number of ether oxygens (including phenoxy) is 2. The summed E-state index contributed by atoms with van der Waals surface area (Å²) in [7, 11) is 3.08. The number of nitrogens with zero attached hydrogens (tertiary/aromatic N) is 3. The van der Waals surface area contributed by atoms with E-state index in [-0.39, 0.29) is 18.4 Å². The quantitative estimate of drug-likeness (QED) is 0.297. The van der Waals surface area contributed by atoms with E-state index in [0.717, 1.165) is 29.9 Å². The van der Waals surface area contributed by atoms with E-state index in [1.54, 1.807) is 48.5 Å². The van der Waals surface area contributed by atoms with Crippen LogP contribution in [0.25, 0.3) is 5.69 Å². The number of amides is 2. The fraction of sp³-hybridized carbons (Fsp3) is 0.267. The number of aromatic nitrogens is 1. The van der Waals surface area contributed by atoms with Crippen molar-refractivity contribution < 1.29 is 23.5 Å². The van der Waals surface area contributed by atoms with Crippen molar-refractivity contribution in [3.8, 4) is 17.2 Å². The fourth-order valence-electron chi connectivity index (χ4n) is 4.93. The number of fused-ring (bicyclic) bond motifs is 3. The van der Waals surface area contributed by atoms with Crippen LogP contribution in [0.5, 0.6) is 11.5 Å². The van der Waals surface area contributed by atoms with Crippen LogP contribution >= 0.6 is 0 Å². The topological polar surface area (TPSA) is 77.2 Å². The Balaban J connectivity index is 1.52. The van der Waals surface area contributed by atoms with Crippen molar-refractivity contribution in [2.24, 2.45) is 0 Å².